The molecule has 0 spiro atoms. The molecule has 1 fully saturated rings. The van der Waals surface area contributed by atoms with Crippen LogP contribution in [0.5, 0.6) is 0 Å². The van der Waals surface area contributed by atoms with Gasteiger partial charge in [-0.05, 0) is 72.1 Å². The fourth-order valence-corrected chi connectivity index (χ4v) is 8.98. The zero-order chi connectivity index (χ0) is 48.8. The van der Waals surface area contributed by atoms with Crippen LogP contribution in [-0.2, 0) is 52.9 Å². The molecular weight excluding hydrogens is 883 g/mol. The van der Waals surface area contributed by atoms with Gasteiger partial charge in [-0.2, -0.15) is 0 Å². The molecule has 17 nitrogen and oxygen atoms in total. The minimum absolute atomic E-state index is 0.00251. The van der Waals surface area contributed by atoms with Crippen molar-refractivity contribution in [1.29, 1.82) is 0 Å². The molecule has 1 saturated heterocycles. The van der Waals surface area contributed by atoms with Gasteiger partial charge in [-0.3, -0.25) is 28.8 Å². The highest BCUT2D eigenvalue weighted by Gasteiger charge is 2.45. The Morgan fingerprint density at radius 2 is 1.72 bits per heavy atom. The SMILES string of the molecule is NCCOCCNC(=O)[C@@H]1CCNC(=O)/C=C/C(=O)N2CCC[C@@](C(=O)C3C=CC=CC3)(CN[C@@H](Cc3ccc(-c4ccc5cc(C(=O)O)oc5c4)cc3)C(=O)NCc3ccccc3CC(=O)N1)C2. The van der Waals surface area contributed by atoms with E-state index in [2.05, 4.69) is 26.6 Å². The van der Waals surface area contributed by atoms with E-state index in [4.69, 9.17) is 14.9 Å². The van der Waals surface area contributed by atoms with Crippen molar-refractivity contribution < 1.29 is 47.8 Å². The number of carbonyl (C=O) groups is 7. The first-order valence-electron chi connectivity index (χ1n) is 23.3. The van der Waals surface area contributed by atoms with Crippen molar-refractivity contribution in [3.63, 3.8) is 0 Å². The number of ether oxygens (including phenoxy) is 1. The molecule has 4 atom stereocenters. The number of furan rings is 1. The molecule has 362 valence electrons. The number of nitrogens with one attached hydrogen (secondary N) is 5. The molecule has 8 N–H and O–H groups in total. The Morgan fingerprint density at radius 1 is 0.928 bits per heavy atom. The highest BCUT2D eigenvalue weighted by Crippen LogP contribution is 2.36. The summed E-state index contributed by atoms with van der Waals surface area (Å²) in [5.41, 5.74) is 8.61. The van der Waals surface area contributed by atoms with Crippen LogP contribution in [0.15, 0.2) is 114 Å². The Kier molecular flexibility index (Phi) is 17.1. The van der Waals surface area contributed by atoms with Crippen LogP contribution in [0.1, 0.15) is 52.9 Å². The van der Waals surface area contributed by atoms with Crippen molar-refractivity contribution in [1.82, 2.24) is 31.5 Å². The van der Waals surface area contributed by atoms with Gasteiger partial charge in [0.15, 0.2) is 0 Å². The number of Topliss-reactive ketones (excluding diaryl/α,β-unsaturated/α-hetero) is 1. The number of aromatic carboxylic acids is 1. The number of allylic oxidation sites excluding steroid dienone is 4. The minimum atomic E-state index is -1.16. The van der Waals surface area contributed by atoms with E-state index in [0.717, 1.165) is 22.8 Å². The second-order valence-corrected chi connectivity index (χ2v) is 17.6. The fourth-order valence-electron chi connectivity index (χ4n) is 8.98. The van der Waals surface area contributed by atoms with Gasteiger partial charge in [-0.25, -0.2) is 4.79 Å². The molecule has 0 saturated carbocycles. The van der Waals surface area contributed by atoms with E-state index in [0.29, 0.717) is 61.1 Å². The molecule has 7 rings (SSSR count). The Hall–Kier alpha value is -7.21. The molecule has 1 aliphatic carbocycles. The first-order chi connectivity index (χ1) is 33.4. The van der Waals surface area contributed by atoms with Gasteiger partial charge in [0.2, 0.25) is 35.3 Å². The van der Waals surface area contributed by atoms with Crippen LogP contribution in [0.25, 0.3) is 22.1 Å². The van der Waals surface area contributed by atoms with Crippen LogP contribution in [0.2, 0.25) is 0 Å². The maximum Gasteiger partial charge on any atom is 0.371 e. The molecule has 69 heavy (non-hydrogen) atoms. The Morgan fingerprint density at radius 3 is 2.49 bits per heavy atom. The highest BCUT2D eigenvalue weighted by molar-refractivity contribution is 5.98. The Balaban J connectivity index is 1.17. The average Bonchev–Trinajstić information content (AvgIpc) is 3.80. The molecular formula is C52H59N7O10. The summed E-state index contributed by atoms with van der Waals surface area (Å²) in [4.78, 5) is 96.1. The van der Waals surface area contributed by atoms with Crippen molar-refractivity contribution in [3.05, 3.63) is 132 Å². The van der Waals surface area contributed by atoms with Gasteiger partial charge in [0.05, 0.1) is 31.1 Å². The largest absolute Gasteiger partial charge is 0.475 e. The zero-order valence-electron chi connectivity index (χ0n) is 38.4. The number of nitrogens with zero attached hydrogens (tertiary/aromatic N) is 1. The number of benzene rings is 3. The monoisotopic (exact) mass is 941 g/mol. The van der Waals surface area contributed by atoms with Crippen LogP contribution < -0.4 is 32.3 Å². The van der Waals surface area contributed by atoms with E-state index < -0.39 is 53.0 Å². The summed E-state index contributed by atoms with van der Waals surface area (Å²) in [5.74, 6) is -4.11. The van der Waals surface area contributed by atoms with Crippen LogP contribution in [0, 0.1) is 11.3 Å². The number of ketones is 1. The van der Waals surface area contributed by atoms with Crippen LogP contribution >= 0.6 is 0 Å². The van der Waals surface area contributed by atoms with Gasteiger partial charge in [-0.1, -0.05) is 85.0 Å². The molecule has 17 heteroatoms. The summed E-state index contributed by atoms with van der Waals surface area (Å²) >= 11 is 0. The number of rotatable bonds is 12. The van der Waals surface area contributed by atoms with Crippen LogP contribution in [-0.4, -0.2) is 116 Å². The number of piperidine rings is 1. The number of nitrogens with two attached hydrogens (primary N) is 1. The van der Waals surface area contributed by atoms with Crippen molar-refractivity contribution in [3.8, 4) is 11.1 Å². The van der Waals surface area contributed by atoms with Crippen molar-refractivity contribution in [2.24, 2.45) is 17.1 Å². The van der Waals surface area contributed by atoms with Crippen LogP contribution in [0.3, 0.4) is 0 Å². The molecule has 4 aromatic rings. The molecule has 3 aliphatic rings. The van der Waals surface area contributed by atoms with E-state index >= 15 is 0 Å². The summed E-state index contributed by atoms with van der Waals surface area (Å²) in [7, 11) is 0. The van der Waals surface area contributed by atoms with Gasteiger partial charge in [-0.15, -0.1) is 0 Å². The first kappa shape index (κ1) is 49.7. The number of hydrogen-bond acceptors (Lipinski definition) is 11. The van der Waals surface area contributed by atoms with Gasteiger partial charge >= 0.3 is 5.97 Å². The normalized spacial score (nSPS) is 22.3. The fraction of sp³-hybridized carbons (Fsp3) is 0.365. The summed E-state index contributed by atoms with van der Waals surface area (Å²) in [6.07, 6.45) is 11.4. The zero-order valence-corrected chi connectivity index (χ0v) is 38.4. The Bertz CT molecular complexity index is 2620. The van der Waals surface area contributed by atoms with E-state index in [1.165, 1.54) is 12.1 Å². The van der Waals surface area contributed by atoms with Gasteiger partial charge in [0.1, 0.15) is 17.4 Å². The van der Waals surface area contributed by atoms with Crippen LogP contribution in [0.4, 0.5) is 0 Å². The molecule has 1 aromatic heterocycles. The summed E-state index contributed by atoms with van der Waals surface area (Å²) in [6.45, 7) is 1.61. The second-order valence-electron chi connectivity index (χ2n) is 17.6. The third-order valence-corrected chi connectivity index (χ3v) is 12.7. The van der Waals surface area contributed by atoms with E-state index in [-0.39, 0.29) is 76.0 Å². The topological polar surface area (TPSA) is 251 Å². The summed E-state index contributed by atoms with van der Waals surface area (Å²) < 4.78 is 10.9. The van der Waals surface area contributed by atoms with Crippen molar-refractivity contribution in [2.75, 3.05) is 52.5 Å². The standard InChI is InChI=1S/C52H59N7O10/c53-21-25-68-26-23-55-49(64)41-19-22-54-45(60)17-18-47(62)59-24-6-20-52(33-59,48(63)36-7-2-1-3-8-36)32-57-42(50(65)56-31-40-10-5-4-9-37(40)30-46(61)58-41)27-34-11-13-35(14-12-34)38-15-16-39-29-44(51(66)67)69-43(39)28-38/h1-5,7,9-18,28-29,36,41-42,57H,6,8,19-27,30-33,53H2,(H,54,60)(H,55,64)(H,56,65)(H,58,61)(H,66,67)/b18-17+/t36?,41-,42-,52+/m0/s1. The number of fused-ring (bicyclic) bond motifs is 4. The third-order valence-electron chi connectivity index (χ3n) is 12.7. The molecule has 3 heterocycles. The average molecular weight is 942 g/mol. The number of carbonyl (C=O) groups excluding carboxylic acids is 6. The Labute approximate surface area is 400 Å². The lowest BCUT2D eigenvalue weighted by Gasteiger charge is -2.43. The van der Waals surface area contributed by atoms with E-state index in [1.54, 1.807) is 35.2 Å². The highest BCUT2D eigenvalue weighted by atomic mass is 16.5. The molecule has 2 aliphatic heterocycles. The summed E-state index contributed by atoms with van der Waals surface area (Å²) in [5, 5.41) is 24.9. The minimum Gasteiger partial charge on any atom is -0.475 e. The third kappa shape index (κ3) is 13.3. The van der Waals surface area contributed by atoms with E-state index in [1.807, 2.05) is 60.7 Å². The predicted octanol–water partition coefficient (Wildman–Crippen LogP) is 3.12. The van der Waals surface area contributed by atoms with E-state index in [9.17, 15) is 38.7 Å². The first-order valence-corrected chi connectivity index (χ1v) is 23.3. The molecule has 1 unspecified atom stereocenters. The second kappa shape index (κ2) is 23.7. The van der Waals surface area contributed by atoms with Gasteiger partial charge in [0.25, 0.3) is 0 Å². The maximum atomic E-state index is 14.7. The molecule has 5 amide bonds. The quantitative estimate of drug-likeness (QED) is 0.101. The molecule has 3 aromatic carbocycles. The number of amides is 5. The predicted molar refractivity (Wildman–Crippen MR) is 257 cm³/mol. The number of carboxylic acid groups (broad SMARTS) is 1. The van der Waals surface area contributed by atoms with Gasteiger partial charge in [0, 0.05) is 69.3 Å². The molecule has 0 radical (unpaired) electrons. The lowest BCUT2D eigenvalue weighted by molar-refractivity contribution is -0.140. The number of carboxylic acids is 1. The van der Waals surface area contributed by atoms with Crippen molar-refractivity contribution in [2.45, 2.75) is 57.2 Å². The number of hydrogen-bond donors (Lipinski definition) is 7. The van der Waals surface area contributed by atoms with Crippen molar-refractivity contribution >= 4 is 52.3 Å². The summed E-state index contributed by atoms with van der Waals surface area (Å²) in [6, 6.07) is 19.8. The smallest absolute Gasteiger partial charge is 0.371 e. The maximum absolute atomic E-state index is 14.7. The lowest BCUT2D eigenvalue weighted by atomic mass is 9.70. The molecule has 2 bridgehead atoms. The van der Waals surface area contributed by atoms with Gasteiger partial charge < -0.3 is 51.5 Å². The lowest BCUT2D eigenvalue weighted by Crippen LogP contribution is -2.58.